The maximum absolute atomic E-state index is 15.1. The van der Waals surface area contributed by atoms with E-state index in [1.54, 1.807) is 0 Å². The third-order valence-electron chi connectivity index (χ3n) is 5.27. The van der Waals surface area contributed by atoms with Gasteiger partial charge in [0.2, 0.25) is 0 Å². The number of pyridine rings is 1. The van der Waals surface area contributed by atoms with Crippen LogP contribution < -0.4 is 20.3 Å². The minimum absolute atomic E-state index is 0.0188. The zero-order chi connectivity index (χ0) is 27.8. The number of carbonyl (C=O) groups excluding carboxylic acids is 1. The maximum Gasteiger partial charge on any atom is 0.573 e. The highest BCUT2D eigenvalue weighted by atomic mass is 35.5. The Kier molecular flexibility index (Phi) is 7.14. The molecule has 0 fully saturated rings. The van der Waals surface area contributed by atoms with Crippen LogP contribution >= 0.6 is 11.6 Å². The minimum Gasteiger partial charge on any atom is -0.497 e. The molecule has 38 heavy (non-hydrogen) atoms. The Morgan fingerprint density at radius 1 is 1.03 bits per heavy atom. The van der Waals surface area contributed by atoms with E-state index in [0.717, 1.165) is 45.8 Å². The number of nitrogens with zero attached hydrogens (tertiary/aromatic N) is 3. The molecule has 1 amide bonds. The van der Waals surface area contributed by atoms with Crippen molar-refractivity contribution in [3.8, 4) is 28.6 Å². The van der Waals surface area contributed by atoms with Crippen LogP contribution in [0.15, 0.2) is 59.5 Å². The van der Waals surface area contributed by atoms with E-state index in [1.807, 2.05) is 0 Å². The number of anilines is 1. The molecule has 0 unspecified atom stereocenters. The predicted octanol–water partition coefficient (Wildman–Crippen LogP) is 5.33. The monoisotopic (exact) mass is 554 g/mol. The van der Waals surface area contributed by atoms with Crippen LogP contribution in [0.3, 0.4) is 0 Å². The van der Waals surface area contributed by atoms with E-state index in [2.05, 4.69) is 15.0 Å². The standard InChI is InChI=1S/C24H16ClF5N4O4/c1-33-21(19-16(26)10-15(37-2)11-17(19)27)20(23(36)34(33)18-9-13(25)7-8-31-18)32-22(35)12-3-5-14(6-4-12)38-24(28,29)30/h3-11H,1-2H3,(H,32,35). The molecule has 14 heteroatoms. The van der Waals surface area contributed by atoms with Gasteiger partial charge in [-0.05, 0) is 30.3 Å². The van der Waals surface area contributed by atoms with Gasteiger partial charge in [0.15, 0.2) is 5.82 Å². The molecule has 4 rings (SSSR count). The van der Waals surface area contributed by atoms with Crippen molar-refractivity contribution >= 4 is 23.2 Å². The highest BCUT2D eigenvalue weighted by molar-refractivity contribution is 6.30. The smallest absolute Gasteiger partial charge is 0.497 e. The van der Waals surface area contributed by atoms with Gasteiger partial charge in [-0.1, -0.05) is 11.6 Å². The second-order valence-electron chi connectivity index (χ2n) is 7.69. The topological polar surface area (TPSA) is 87.4 Å². The molecule has 198 valence electrons. The number of alkyl halides is 3. The molecule has 1 N–H and O–H groups in total. The van der Waals surface area contributed by atoms with Gasteiger partial charge in [-0.3, -0.25) is 14.3 Å². The number of halogens is 6. The molecule has 0 spiro atoms. The molecule has 2 heterocycles. The highest BCUT2D eigenvalue weighted by Gasteiger charge is 2.31. The number of methoxy groups -OCH3 is 1. The van der Waals surface area contributed by atoms with Gasteiger partial charge in [0.1, 0.15) is 34.5 Å². The number of carbonyl (C=O) groups is 1. The molecule has 0 saturated heterocycles. The highest BCUT2D eigenvalue weighted by Crippen LogP contribution is 2.34. The van der Waals surface area contributed by atoms with E-state index in [9.17, 15) is 22.8 Å². The molecule has 8 nitrogen and oxygen atoms in total. The van der Waals surface area contributed by atoms with Crippen LogP contribution in [0.2, 0.25) is 5.02 Å². The Labute approximate surface area is 215 Å². The van der Waals surface area contributed by atoms with E-state index < -0.39 is 46.5 Å². The molecular formula is C24H16ClF5N4O4. The van der Waals surface area contributed by atoms with Crippen molar-refractivity contribution in [2.45, 2.75) is 6.36 Å². The van der Waals surface area contributed by atoms with Gasteiger partial charge in [0.05, 0.1) is 12.7 Å². The van der Waals surface area contributed by atoms with Gasteiger partial charge in [-0.15, -0.1) is 13.2 Å². The second kappa shape index (κ2) is 10.2. The van der Waals surface area contributed by atoms with Gasteiger partial charge in [0, 0.05) is 42.0 Å². The number of benzene rings is 2. The first-order valence-electron chi connectivity index (χ1n) is 10.5. The number of hydrogen-bond donors (Lipinski definition) is 1. The van der Waals surface area contributed by atoms with E-state index in [-0.39, 0.29) is 27.8 Å². The molecule has 4 aromatic rings. The minimum atomic E-state index is -4.94. The van der Waals surface area contributed by atoms with Gasteiger partial charge in [0.25, 0.3) is 11.5 Å². The summed E-state index contributed by atoms with van der Waals surface area (Å²) >= 11 is 6.02. The van der Waals surface area contributed by atoms with Gasteiger partial charge in [-0.2, -0.15) is 4.68 Å². The Morgan fingerprint density at radius 2 is 1.66 bits per heavy atom. The molecule has 0 aliphatic heterocycles. The summed E-state index contributed by atoms with van der Waals surface area (Å²) in [4.78, 5) is 30.5. The quantitative estimate of drug-likeness (QED) is 0.326. The third kappa shape index (κ3) is 5.32. The Balaban J connectivity index is 1.85. The average molecular weight is 555 g/mol. The third-order valence-corrected chi connectivity index (χ3v) is 5.50. The van der Waals surface area contributed by atoms with E-state index in [0.29, 0.717) is 0 Å². The van der Waals surface area contributed by atoms with Crippen molar-refractivity contribution in [2.75, 3.05) is 12.4 Å². The van der Waals surface area contributed by atoms with Crippen LogP contribution in [0.1, 0.15) is 10.4 Å². The summed E-state index contributed by atoms with van der Waals surface area (Å²) < 4.78 is 78.1. The fraction of sp³-hybridized carbons (Fsp3) is 0.125. The zero-order valence-electron chi connectivity index (χ0n) is 19.4. The first kappa shape index (κ1) is 26.7. The van der Waals surface area contributed by atoms with Crippen molar-refractivity contribution in [1.82, 2.24) is 14.3 Å². The van der Waals surface area contributed by atoms with E-state index in [4.69, 9.17) is 16.3 Å². The fourth-order valence-corrected chi connectivity index (χ4v) is 3.81. The summed E-state index contributed by atoms with van der Waals surface area (Å²) in [5, 5.41) is 2.52. The number of amides is 1. The summed E-state index contributed by atoms with van der Waals surface area (Å²) in [7, 11) is 2.52. The lowest BCUT2D eigenvalue weighted by molar-refractivity contribution is -0.274. The van der Waals surface area contributed by atoms with Crippen LogP contribution in [0.5, 0.6) is 11.5 Å². The largest absolute Gasteiger partial charge is 0.573 e. The van der Waals surface area contributed by atoms with Crippen LogP contribution in [0.4, 0.5) is 27.6 Å². The van der Waals surface area contributed by atoms with Gasteiger partial charge < -0.3 is 14.8 Å². The number of aromatic nitrogens is 3. The summed E-state index contributed by atoms with van der Waals surface area (Å²) in [5.41, 5.74) is -2.64. The fourth-order valence-electron chi connectivity index (χ4n) is 3.66. The molecule has 0 aliphatic rings. The lowest BCUT2D eigenvalue weighted by Gasteiger charge is -2.13. The maximum atomic E-state index is 15.1. The van der Waals surface area contributed by atoms with Crippen LogP contribution in [-0.2, 0) is 7.05 Å². The second-order valence-corrected chi connectivity index (χ2v) is 8.13. The van der Waals surface area contributed by atoms with E-state index in [1.165, 1.54) is 32.5 Å². The summed E-state index contributed by atoms with van der Waals surface area (Å²) in [5.74, 6) is -3.87. The number of nitrogens with one attached hydrogen (secondary N) is 1. The van der Waals surface area contributed by atoms with Crippen LogP contribution in [0.25, 0.3) is 17.1 Å². The molecule has 0 atom stereocenters. The van der Waals surface area contributed by atoms with Crippen molar-refractivity contribution in [3.63, 3.8) is 0 Å². The lowest BCUT2D eigenvalue weighted by Crippen LogP contribution is -2.23. The Morgan fingerprint density at radius 3 is 2.21 bits per heavy atom. The summed E-state index contributed by atoms with van der Waals surface area (Å²) in [6, 6.07) is 8.37. The average Bonchev–Trinajstić information content (AvgIpc) is 3.07. The first-order chi connectivity index (χ1) is 17.9. The molecule has 2 aromatic heterocycles. The van der Waals surface area contributed by atoms with E-state index >= 15 is 8.78 Å². The predicted molar refractivity (Wildman–Crippen MR) is 127 cm³/mol. The molecule has 0 aliphatic carbocycles. The van der Waals surface area contributed by atoms with Crippen molar-refractivity contribution in [1.29, 1.82) is 0 Å². The molecule has 2 aromatic carbocycles. The molecule has 0 saturated carbocycles. The van der Waals surface area contributed by atoms with Crippen molar-refractivity contribution < 1.29 is 36.2 Å². The normalized spacial score (nSPS) is 11.4. The summed E-state index contributed by atoms with van der Waals surface area (Å²) in [6.45, 7) is 0. The zero-order valence-corrected chi connectivity index (χ0v) is 20.2. The van der Waals surface area contributed by atoms with Crippen molar-refractivity contribution in [2.24, 2.45) is 7.05 Å². The number of ether oxygens (including phenoxy) is 2. The Bertz CT molecular complexity index is 1560. The molecule has 0 radical (unpaired) electrons. The Hall–Kier alpha value is -4.39. The number of hydrogen-bond acceptors (Lipinski definition) is 5. The van der Waals surface area contributed by atoms with Crippen LogP contribution in [-0.4, -0.2) is 33.7 Å². The van der Waals surface area contributed by atoms with Crippen molar-refractivity contribution in [3.05, 3.63) is 87.3 Å². The number of rotatable bonds is 6. The molecular weight excluding hydrogens is 539 g/mol. The van der Waals surface area contributed by atoms with Gasteiger partial charge >= 0.3 is 6.36 Å². The SMILES string of the molecule is COc1cc(F)c(-c2c(NC(=O)c3ccc(OC(F)(F)F)cc3)c(=O)n(-c3cc(Cl)ccn3)n2C)c(F)c1. The molecule has 0 bridgehead atoms. The summed E-state index contributed by atoms with van der Waals surface area (Å²) in [6.07, 6.45) is -3.64. The van der Waals surface area contributed by atoms with Gasteiger partial charge in [-0.25, -0.2) is 13.8 Å². The first-order valence-corrected chi connectivity index (χ1v) is 10.9. The lowest BCUT2D eigenvalue weighted by atomic mass is 10.1. The van der Waals surface area contributed by atoms with Crippen LogP contribution in [0, 0.1) is 11.6 Å².